The highest BCUT2D eigenvalue weighted by atomic mass is 16.6. The van der Waals surface area contributed by atoms with Gasteiger partial charge in [-0.05, 0) is 31.4 Å². The Morgan fingerprint density at radius 3 is 3.16 bits per heavy atom. The Kier molecular flexibility index (Phi) is 5.21. The van der Waals surface area contributed by atoms with Gasteiger partial charge in [0.15, 0.2) is 6.10 Å². The Hall–Kier alpha value is -1.55. The van der Waals surface area contributed by atoms with Crippen molar-refractivity contribution in [2.45, 2.75) is 38.7 Å². The molecule has 0 bridgehead atoms. The first kappa shape index (κ1) is 13.9. The van der Waals surface area contributed by atoms with Gasteiger partial charge in [-0.2, -0.15) is 0 Å². The van der Waals surface area contributed by atoms with Crippen LogP contribution in [0, 0.1) is 0 Å². The number of anilines is 1. The summed E-state index contributed by atoms with van der Waals surface area (Å²) in [6.45, 7) is 3.74. The van der Waals surface area contributed by atoms with Crippen molar-refractivity contribution in [3.63, 3.8) is 0 Å². The van der Waals surface area contributed by atoms with Gasteiger partial charge in [0, 0.05) is 24.9 Å². The van der Waals surface area contributed by atoms with Gasteiger partial charge in [-0.25, -0.2) is 4.79 Å². The van der Waals surface area contributed by atoms with Crippen LogP contribution in [-0.4, -0.2) is 25.2 Å². The van der Waals surface area contributed by atoms with Crippen molar-refractivity contribution in [3.8, 4) is 5.75 Å². The SMILES string of the molecule is CCCCNc1cccc(OC(=O)C2CCCO2)c1. The van der Waals surface area contributed by atoms with E-state index in [0.29, 0.717) is 12.4 Å². The smallest absolute Gasteiger partial charge is 0.340 e. The fraction of sp³-hybridized carbons (Fsp3) is 0.533. The lowest BCUT2D eigenvalue weighted by Crippen LogP contribution is -2.24. The van der Waals surface area contributed by atoms with Crippen LogP contribution in [-0.2, 0) is 9.53 Å². The van der Waals surface area contributed by atoms with Gasteiger partial charge in [-0.1, -0.05) is 19.4 Å². The van der Waals surface area contributed by atoms with Gasteiger partial charge in [0.2, 0.25) is 0 Å². The van der Waals surface area contributed by atoms with Crippen LogP contribution in [0.2, 0.25) is 0 Å². The van der Waals surface area contributed by atoms with Crippen molar-refractivity contribution in [2.24, 2.45) is 0 Å². The van der Waals surface area contributed by atoms with E-state index in [1.165, 1.54) is 0 Å². The summed E-state index contributed by atoms with van der Waals surface area (Å²) >= 11 is 0. The molecule has 0 amide bonds. The summed E-state index contributed by atoms with van der Waals surface area (Å²) < 4.78 is 10.6. The van der Waals surface area contributed by atoms with Crippen LogP contribution in [0.1, 0.15) is 32.6 Å². The summed E-state index contributed by atoms with van der Waals surface area (Å²) in [4.78, 5) is 11.8. The maximum absolute atomic E-state index is 11.8. The lowest BCUT2D eigenvalue weighted by atomic mass is 10.2. The summed E-state index contributed by atoms with van der Waals surface area (Å²) in [6, 6.07) is 7.49. The molecule has 1 aromatic rings. The zero-order chi connectivity index (χ0) is 13.5. The Balaban J connectivity index is 1.88. The van der Waals surface area contributed by atoms with Crippen LogP contribution in [0.25, 0.3) is 0 Å². The molecule has 1 heterocycles. The Morgan fingerprint density at radius 2 is 2.42 bits per heavy atom. The molecule has 0 aromatic heterocycles. The molecule has 0 radical (unpaired) electrons. The van der Waals surface area contributed by atoms with Crippen LogP contribution < -0.4 is 10.1 Å². The van der Waals surface area contributed by atoms with Gasteiger partial charge < -0.3 is 14.8 Å². The summed E-state index contributed by atoms with van der Waals surface area (Å²) in [5, 5.41) is 3.31. The van der Waals surface area contributed by atoms with Gasteiger partial charge in [-0.3, -0.25) is 0 Å². The van der Waals surface area contributed by atoms with Gasteiger partial charge in [-0.15, -0.1) is 0 Å². The van der Waals surface area contributed by atoms with Crippen LogP contribution in [0.4, 0.5) is 5.69 Å². The molecule has 104 valence electrons. The van der Waals surface area contributed by atoms with Crippen LogP contribution in [0.5, 0.6) is 5.75 Å². The first-order chi connectivity index (χ1) is 9.29. The molecule has 0 aliphatic carbocycles. The summed E-state index contributed by atoms with van der Waals surface area (Å²) in [5.41, 5.74) is 0.978. The highest BCUT2D eigenvalue weighted by Crippen LogP contribution is 2.20. The minimum absolute atomic E-state index is 0.289. The van der Waals surface area contributed by atoms with Crippen LogP contribution in [0.15, 0.2) is 24.3 Å². The van der Waals surface area contributed by atoms with Crippen LogP contribution in [0.3, 0.4) is 0 Å². The molecule has 1 unspecified atom stereocenters. The molecular weight excluding hydrogens is 242 g/mol. The molecule has 1 N–H and O–H groups in total. The van der Waals surface area contributed by atoms with E-state index in [2.05, 4.69) is 12.2 Å². The normalized spacial score (nSPS) is 18.3. The van der Waals surface area contributed by atoms with Gasteiger partial charge in [0.05, 0.1) is 0 Å². The third-order valence-electron chi connectivity index (χ3n) is 3.10. The Labute approximate surface area is 114 Å². The van der Waals surface area contributed by atoms with Crippen molar-refractivity contribution < 1.29 is 14.3 Å². The number of hydrogen-bond acceptors (Lipinski definition) is 4. The standard InChI is InChI=1S/C15H21NO3/c1-2-3-9-16-12-6-4-7-13(11-12)19-15(17)14-8-5-10-18-14/h4,6-7,11,14,16H,2-3,5,8-10H2,1H3. The molecule has 0 saturated carbocycles. The quantitative estimate of drug-likeness (QED) is 0.487. The summed E-state index contributed by atoms with van der Waals surface area (Å²) in [6.07, 6.45) is 3.57. The molecule has 0 spiro atoms. The number of hydrogen-bond donors (Lipinski definition) is 1. The number of carbonyl (C=O) groups excluding carboxylic acids is 1. The highest BCUT2D eigenvalue weighted by molar-refractivity contribution is 5.77. The maximum Gasteiger partial charge on any atom is 0.340 e. The van der Waals surface area contributed by atoms with E-state index in [1.807, 2.05) is 18.2 Å². The first-order valence-electron chi connectivity index (χ1n) is 6.97. The number of nitrogens with one attached hydrogen (secondary N) is 1. The molecule has 1 aliphatic rings. The number of rotatable bonds is 6. The minimum atomic E-state index is -0.392. The number of esters is 1. The average Bonchev–Trinajstić information content (AvgIpc) is 2.93. The second-order valence-corrected chi connectivity index (χ2v) is 4.73. The molecule has 1 atom stereocenters. The molecule has 4 heteroatoms. The molecule has 1 aliphatic heterocycles. The zero-order valence-electron chi connectivity index (χ0n) is 11.4. The highest BCUT2D eigenvalue weighted by Gasteiger charge is 2.25. The van der Waals surface area contributed by atoms with Crippen molar-refractivity contribution in [2.75, 3.05) is 18.5 Å². The Bertz CT molecular complexity index is 414. The molecule has 19 heavy (non-hydrogen) atoms. The number of benzene rings is 1. The lowest BCUT2D eigenvalue weighted by molar-refractivity contribution is -0.144. The van der Waals surface area contributed by atoms with Crippen LogP contribution >= 0.6 is 0 Å². The van der Waals surface area contributed by atoms with Crippen molar-refractivity contribution in [1.82, 2.24) is 0 Å². The predicted octanol–water partition coefficient (Wildman–Crippen LogP) is 2.98. The summed E-state index contributed by atoms with van der Waals surface area (Å²) in [5.74, 6) is 0.283. The molecule has 1 fully saturated rings. The van der Waals surface area contributed by atoms with E-state index in [0.717, 1.165) is 37.9 Å². The molecular formula is C15H21NO3. The fourth-order valence-corrected chi connectivity index (χ4v) is 2.02. The van der Waals surface area contributed by atoms with Gasteiger partial charge in [0.1, 0.15) is 5.75 Å². The maximum atomic E-state index is 11.8. The van der Waals surface area contributed by atoms with E-state index in [-0.39, 0.29) is 5.97 Å². The lowest BCUT2D eigenvalue weighted by Gasteiger charge is -2.11. The third-order valence-corrected chi connectivity index (χ3v) is 3.10. The largest absolute Gasteiger partial charge is 0.425 e. The molecule has 1 saturated heterocycles. The average molecular weight is 263 g/mol. The van der Waals surface area contributed by atoms with E-state index in [9.17, 15) is 4.79 Å². The topological polar surface area (TPSA) is 47.6 Å². The zero-order valence-corrected chi connectivity index (χ0v) is 11.4. The monoisotopic (exact) mass is 263 g/mol. The fourth-order valence-electron chi connectivity index (χ4n) is 2.02. The first-order valence-corrected chi connectivity index (χ1v) is 6.97. The molecule has 1 aromatic carbocycles. The van der Waals surface area contributed by atoms with E-state index < -0.39 is 6.10 Å². The van der Waals surface area contributed by atoms with Gasteiger partial charge in [0.25, 0.3) is 0 Å². The van der Waals surface area contributed by atoms with E-state index >= 15 is 0 Å². The number of unbranched alkanes of at least 4 members (excludes halogenated alkanes) is 1. The second-order valence-electron chi connectivity index (χ2n) is 4.73. The molecule has 2 rings (SSSR count). The molecule has 4 nitrogen and oxygen atoms in total. The third kappa shape index (κ3) is 4.24. The van der Waals surface area contributed by atoms with Crippen molar-refractivity contribution in [3.05, 3.63) is 24.3 Å². The van der Waals surface area contributed by atoms with Crippen molar-refractivity contribution >= 4 is 11.7 Å². The predicted molar refractivity (Wildman–Crippen MR) is 74.4 cm³/mol. The summed E-state index contributed by atoms with van der Waals surface area (Å²) in [7, 11) is 0. The van der Waals surface area contributed by atoms with E-state index in [1.54, 1.807) is 6.07 Å². The minimum Gasteiger partial charge on any atom is -0.425 e. The van der Waals surface area contributed by atoms with Gasteiger partial charge >= 0.3 is 5.97 Å². The number of ether oxygens (including phenoxy) is 2. The van der Waals surface area contributed by atoms with E-state index in [4.69, 9.17) is 9.47 Å². The Morgan fingerprint density at radius 1 is 1.53 bits per heavy atom. The number of carbonyl (C=O) groups is 1. The second kappa shape index (κ2) is 7.14. The van der Waals surface area contributed by atoms with Crippen molar-refractivity contribution in [1.29, 1.82) is 0 Å².